The van der Waals surface area contributed by atoms with Crippen LogP contribution in [-0.2, 0) is 0 Å². The van der Waals surface area contributed by atoms with Gasteiger partial charge < -0.3 is 4.74 Å². The molecule has 0 N–H and O–H groups in total. The minimum Gasteiger partial charge on any atom is -0.432 e. The van der Waals surface area contributed by atoms with Crippen LogP contribution in [0.3, 0.4) is 0 Å². The van der Waals surface area contributed by atoms with Gasteiger partial charge in [-0.1, -0.05) is 51.5 Å². The van der Waals surface area contributed by atoms with Gasteiger partial charge in [-0.05, 0) is 73.5 Å². The van der Waals surface area contributed by atoms with Crippen LogP contribution >= 0.6 is 0 Å². The molecule has 2 aromatic carbocycles. The van der Waals surface area contributed by atoms with E-state index in [4.69, 9.17) is 0 Å². The van der Waals surface area contributed by atoms with E-state index < -0.39 is 47.1 Å². The summed E-state index contributed by atoms with van der Waals surface area (Å²) in [6.07, 6.45) is 8.05. The zero-order valence-corrected chi connectivity index (χ0v) is 21.4. The largest absolute Gasteiger partial charge is 0.432 e. The summed E-state index contributed by atoms with van der Waals surface area (Å²) in [7, 11) is 0. The van der Waals surface area contributed by atoms with Gasteiger partial charge in [-0.15, -0.1) is 0 Å². The quantitative estimate of drug-likeness (QED) is 0.295. The lowest BCUT2D eigenvalue weighted by atomic mass is 9.68. The van der Waals surface area contributed by atoms with Gasteiger partial charge in [0, 0.05) is 12.1 Å². The lowest BCUT2D eigenvalue weighted by molar-refractivity contribution is -0.183. The van der Waals surface area contributed by atoms with Gasteiger partial charge in [0.25, 0.3) is 0 Å². The summed E-state index contributed by atoms with van der Waals surface area (Å²) in [6.45, 7) is 2.24. The van der Waals surface area contributed by atoms with Gasteiger partial charge in [0.05, 0.1) is 12.0 Å². The molecule has 0 aliphatic heterocycles. The monoisotopic (exact) mass is 526 g/mol. The lowest BCUT2D eigenvalue weighted by Crippen LogP contribution is -2.28. The molecule has 0 aromatic heterocycles. The van der Waals surface area contributed by atoms with Crippen molar-refractivity contribution in [1.82, 2.24) is 0 Å². The maximum atomic E-state index is 14.6. The van der Waals surface area contributed by atoms with Gasteiger partial charge in [0.2, 0.25) is 0 Å². The van der Waals surface area contributed by atoms with Crippen LogP contribution in [0.15, 0.2) is 30.3 Å². The second-order valence-electron chi connectivity index (χ2n) is 11.0. The predicted molar refractivity (Wildman–Crippen MR) is 132 cm³/mol. The van der Waals surface area contributed by atoms with Gasteiger partial charge in [-0.3, -0.25) is 0 Å². The fraction of sp³-hybridized carbons (Fsp3) is 0.600. The van der Waals surface area contributed by atoms with Gasteiger partial charge in [-0.2, -0.15) is 8.78 Å². The fourth-order valence-corrected chi connectivity index (χ4v) is 6.44. The molecule has 1 nitrogen and oxygen atoms in total. The fourth-order valence-electron chi connectivity index (χ4n) is 6.44. The standard InChI is InChI=1S/C30H36F6O/c1-2-3-19-4-8-21(9-5-19)22-10-6-20(7-11-22)14-15-30(35,36)37-24-17-27(33)29(28(34)18-24)23-12-13-25(31)26(32)16-23/h12-13,16-22H,2-11,14-15H2,1H3. The molecule has 0 spiro atoms. The van der Waals surface area contributed by atoms with Crippen molar-refractivity contribution in [2.75, 3.05) is 0 Å². The van der Waals surface area contributed by atoms with Crippen molar-refractivity contribution < 1.29 is 31.1 Å². The molecular formula is C30H36F6O. The Bertz CT molecular complexity index is 1020. The highest BCUT2D eigenvalue weighted by Gasteiger charge is 2.35. The van der Waals surface area contributed by atoms with E-state index in [1.807, 2.05) is 0 Å². The van der Waals surface area contributed by atoms with Crippen molar-refractivity contribution >= 4 is 0 Å². The molecule has 2 fully saturated rings. The van der Waals surface area contributed by atoms with Crippen LogP contribution in [0, 0.1) is 46.9 Å². The molecule has 0 bridgehead atoms. The molecule has 204 valence electrons. The van der Waals surface area contributed by atoms with Crippen molar-refractivity contribution in [3.05, 3.63) is 53.6 Å². The predicted octanol–water partition coefficient (Wildman–Crippen LogP) is 10.1. The maximum absolute atomic E-state index is 14.6. The van der Waals surface area contributed by atoms with Crippen LogP contribution in [0.2, 0.25) is 0 Å². The van der Waals surface area contributed by atoms with Gasteiger partial charge in [0.15, 0.2) is 11.6 Å². The molecule has 0 saturated heterocycles. The number of hydrogen-bond acceptors (Lipinski definition) is 1. The van der Waals surface area contributed by atoms with Crippen molar-refractivity contribution in [3.8, 4) is 16.9 Å². The lowest BCUT2D eigenvalue weighted by Gasteiger charge is -2.38. The minimum atomic E-state index is -3.57. The Balaban J connectivity index is 1.27. The first kappa shape index (κ1) is 27.8. The Morgan fingerprint density at radius 1 is 0.703 bits per heavy atom. The first-order chi connectivity index (χ1) is 17.6. The summed E-state index contributed by atoms with van der Waals surface area (Å²) in [5.74, 6) is -2.90. The van der Waals surface area contributed by atoms with E-state index in [2.05, 4.69) is 11.7 Å². The summed E-state index contributed by atoms with van der Waals surface area (Å²) in [5.41, 5.74) is -0.873. The van der Waals surface area contributed by atoms with E-state index in [1.54, 1.807) is 0 Å². The molecule has 0 radical (unpaired) electrons. The molecule has 37 heavy (non-hydrogen) atoms. The molecular weight excluding hydrogens is 490 g/mol. The number of halogens is 6. The highest BCUT2D eigenvalue weighted by molar-refractivity contribution is 5.66. The van der Waals surface area contributed by atoms with Crippen LogP contribution in [0.4, 0.5) is 26.3 Å². The maximum Gasteiger partial charge on any atom is 0.397 e. The van der Waals surface area contributed by atoms with E-state index in [0.29, 0.717) is 30.5 Å². The Morgan fingerprint density at radius 3 is 1.76 bits per heavy atom. The van der Waals surface area contributed by atoms with E-state index >= 15 is 0 Å². The average Bonchev–Trinajstić information content (AvgIpc) is 2.85. The molecule has 0 unspecified atom stereocenters. The third-order valence-electron chi connectivity index (χ3n) is 8.48. The number of ether oxygens (including phenoxy) is 1. The van der Waals surface area contributed by atoms with Gasteiger partial charge in [0.1, 0.15) is 17.4 Å². The first-order valence-corrected chi connectivity index (χ1v) is 13.7. The highest BCUT2D eigenvalue weighted by Crippen LogP contribution is 2.43. The van der Waals surface area contributed by atoms with E-state index in [-0.39, 0.29) is 11.5 Å². The molecule has 0 heterocycles. The summed E-state index contributed by atoms with van der Waals surface area (Å²) >= 11 is 0. The zero-order chi connectivity index (χ0) is 26.6. The third-order valence-corrected chi connectivity index (χ3v) is 8.48. The summed E-state index contributed by atoms with van der Waals surface area (Å²) in [5, 5.41) is 0. The number of rotatable bonds is 9. The normalized spacial score (nSPS) is 24.7. The van der Waals surface area contributed by atoms with Crippen LogP contribution in [0.25, 0.3) is 11.1 Å². The SMILES string of the molecule is CCCC1CCC(C2CCC(CCC(F)(F)Oc3cc(F)c(-c4ccc(F)c(F)c4)c(F)c3)CC2)CC1. The Kier molecular flexibility index (Phi) is 9.12. The van der Waals surface area contributed by atoms with Gasteiger partial charge in [-0.25, -0.2) is 17.6 Å². The molecule has 7 heteroatoms. The smallest absolute Gasteiger partial charge is 0.397 e. The molecule has 0 atom stereocenters. The molecule has 0 amide bonds. The minimum absolute atomic E-state index is 0.200. The Labute approximate surface area is 215 Å². The second kappa shape index (κ2) is 12.1. The van der Waals surface area contributed by atoms with E-state index in [9.17, 15) is 26.3 Å². The number of benzene rings is 2. The van der Waals surface area contributed by atoms with Crippen molar-refractivity contribution in [2.45, 2.75) is 90.1 Å². The first-order valence-electron chi connectivity index (χ1n) is 13.7. The third kappa shape index (κ3) is 7.23. The topological polar surface area (TPSA) is 9.23 Å². The van der Waals surface area contributed by atoms with Crippen molar-refractivity contribution in [2.24, 2.45) is 23.7 Å². The Morgan fingerprint density at radius 2 is 1.24 bits per heavy atom. The number of hydrogen-bond donors (Lipinski definition) is 0. The van der Waals surface area contributed by atoms with E-state index in [1.165, 1.54) is 38.5 Å². The second-order valence-corrected chi connectivity index (χ2v) is 11.0. The van der Waals surface area contributed by atoms with Gasteiger partial charge >= 0.3 is 6.11 Å². The van der Waals surface area contributed by atoms with Crippen molar-refractivity contribution in [1.29, 1.82) is 0 Å². The van der Waals surface area contributed by atoms with E-state index in [0.717, 1.165) is 49.7 Å². The van der Waals surface area contributed by atoms with Crippen LogP contribution in [0.1, 0.15) is 84.0 Å². The zero-order valence-electron chi connectivity index (χ0n) is 21.4. The van der Waals surface area contributed by atoms with Crippen LogP contribution in [-0.4, -0.2) is 6.11 Å². The Hall–Kier alpha value is -2.18. The van der Waals surface area contributed by atoms with Crippen LogP contribution < -0.4 is 4.74 Å². The molecule has 2 aliphatic carbocycles. The summed E-state index contributed by atoms with van der Waals surface area (Å²) in [4.78, 5) is 0. The molecule has 2 aromatic rings. The summed E-state index contributed by atoms with van der Waals surface area (Å²) < 4.78 is 89.5. The highest BCUT2D eigenvalue weighted by atomic mass is 19.3. The number of alkyl halides is 2. The molecule has 4 rings (SSSR count). The molecule has 2 saturated carbocycles. The molecule has 2 aliphatic rings. The summed E-state index contributed by atoms with van der Waals surface area (Å²) in [6, 6.07) is 3.70. The van der Waals surface area contributed by atoms with Crippen LogP contribution in [0.5, 0.6) is 5.75 Å². The average molecular weight is 527 g/mol. The van der Waals surface area contributed by atoms with Crippen molar-refractivity contribution in [3.63, 3.8) is 0 Å².